The Balaban J connectivity index is 0.000000222. The van der Waals surface area contributed by atoms with Crippen LogP contribution in [0.25, 0.3) is 0 Å². The van der Waals surface area contributed by atoms with Crippen molar-refractivity contribution in [3.05, 3.63) is 124 Å². The molecule has 0 saturated carbocycles. The number of aldehydes is 1. The van der Waals surface area contributed by atoms with Crippen LogP contribution in [0.3, 0.4) is 0 Å². The van der Waals surface area contributed by atoms with Crippen LogP contribution in [0.2, 0.25) is 10.0 Å². The molecule has 0 amide bonds. The normalized spacial score (nSPS) is 10.2. The number of benzene rings is 4. The monoisotopic (exact) mass is 580 g/mol. The van der Waals surface area contributed by atoms with E-state index < -0.39 is 5.60 Å². The molecule has 0 spiro atoms. The molecule has 0 bridgehead atoms. The van der Waals surface area contributed by atoms with Crippen molar-refractivity contribution >= 4 is 35.5 Å². The highest BCUT2D eigenvalue weighted by Gasteiger charge is 2.31. The molecule has 4 rings (SSSR count). The number of ether oxygens (including phenoxy) is 3. The van der Waals surface area contributed by atoms with Crippen LogP contribution < -0.4 is 9.47 Å². The Bertz CT molecular complexity index is 1290. The number of halogens is 2. The van der Waals surface area contributed by atoms with Crippen molar-refractivity contribution < 1.29 is 23.8 Å². The van der Waals surface area contributed by atoms with Gasteiger partial charge in [0.1, 0.15) is 23.5 Å². The first-order valence-corrected chi connectivity index (χ1v) is 13.4. The van der Waals surface area contributed by atoms with Crippen LogP contribution >= 0.6 is 23.2 Å². The van der Waals surface area contributed by atoms with Gasteiger partial charge in [0.05, 0.1) is 6.61 Å². The van der Waals surface area contributed by atoms with E-state index >= 15 is 0 Å². The number of aryl methyl sites for hydroxylation is 2. The summed E-state index contributed by atoms with van der Waals surface area (Å²) in [5.41, 5.74) is 2.10. The van der Waals surface area contributed by atoms with E-state index in [9.17, 15) is 9.59 Å². The molecule has 4 aromatic carbocycles. The molecule has 0 radical (unpaired) electrons. The minimum atomic E-state index is -0.996. The second-order valence-corrected chi connectivity index (χ2v) is 10.1. The Kier molecular flexibility index (Phi) is 13.2. The summed E-state index contributed by atoms with van der Waals surface area (Å²) in [5.74, 6) is 1.73. The maximum Gasteiger partial charge on any atom is 0.349 e. The molecular formula is C33H34Cl2O5. The maximum absolute atomic E-state index is 11.6. The van der Waals surface area contributed by atoms with E-state index in [0.29, 0.717) is 22.9 Å². The second kappa shape index (κ2) is 16.3. The minimum absolute atomic E-state index is 0.340. The molecule has 4 aromatic rings. The zero-order chi connectivity index (χ0) is 29.5. The molecule has 0 fully saturated rings. The fourth-order valence-electron chi connectivity index (χ4n) is 3.03. The quantitative estimate of drug-likeness (QED) is 0.161. The lowest BCUT2D eigenvalue weighted by Gasteiger charge is -2.23. The van der Waals surface area contributed by atoms with Gasteiger partial charge in [0, 0.05) is 15.6 Å². The predicted molar refractivity (Wildman–Crippen MR) is 162 cm³/mol. The summed E-state index contributed by atoms with van der Waals surface area (Å²) in [6.45, 7) is 9.50. The molecule has 0 aliphatic rings. The Morgan fingerprint density at radius 3 is 1.52 bits per heavy atom. The third kappa shape index (κ3) is 11.9. The molecule has 210 valence electrons. The number of rotatable bonds is 7. The van der Waals surface area contributed by atoms with Gasteiger partial charge in [-0.05, 0) is 107 Å². The van der Waals surface area contributed by atoms with Crippen molar-refractivity contribution in [3.63, 3.8) is 0 Å². The van der Waals surface area contributed by atoms with Gasteiger partial charge < -0.3 is 14.2 Å². The van der Waals surface area contributed by atoms with Gasteiger partial charge in [-0.2, -0.15) is 0 Å². The number of carbonyl (C=O) groups excluding carboxylic acids is 2. The first kappa shape index (κ1) is 32.4. The molecule has 40 heavy (non-hydrogen) atoms. The number of hydrogen-bond donors (Lipinski definition) is 0. The van der Waals surface area contributed by atoms with Gasteiger partial charge in [-0.15, -0.1) is 0 Å². The standard InChI is InChI=1S/C14H12O2.C12H15ClO3.C7H7Cl/c1-11-2-6-13(7-3-11)16-14-8-4-12(10-15)5-9-14;1-4-15-11(14)12(2,3)16-10-7-5-9(13)6-8-10;1-6-2-4-7(8)5-3-6/h2-10H,1H3;5-8H,4H2,1-3H3;2-5H,1H3. The van der Waals surface area contributed by atoms with E-state index in [-0.39, 0.29) is 5.97 Å². The SMILES string of the molecule is CCOC(=O)C(C)(C)Oc1ccc(Cl)cc1.Cc1ccc(Cl)cc1.Cc1ccc(Oc2ccc(C=O)cc2)cc1. The number of hydrogen-bond acceptors (Lipinski definition) is 5. The first-order valence-electron chi connectivity index (χ1n) is 12.7. The van der Waals surface area contributed by atoms with Crippen molar-refractivity contribution in [1.82, 2.24) is 0 Å². The van der Waals surface area contributed by atoms with Crippen LogP contribution in [-0.4, -0.2) is 24.5 Å². The van der Waals surface area contributed by atoms with Gasteiger partial charge in [-0.3, -0.25) is 4.79 Å². The highest BCUT2D eigenvalue weighted by Crippen LogP contribution is 2.22. The largest absolute Gasteiger partial charge is 0.476 e. The third-order valence-electron chi connectivity index (χ3n) is 5.24. The van der Waals surface area contributed by atoms with Gasteiger partial charge in [0.2, 0.25) is 0 Å². The number of esters is 1. The highest BCUT2D eigenvalue weighted by atomic mass is 35.5. The van der Waals surface area contributed by atoms with Gasteiger partial charge in [0.15, 0.2) is 5.60 Å². The third-order valence-corrected chi connectivity index (χ3v) is 5.74. The van der Waals surface area contributed by atoms with Crippen LogP contribution in [-0.2, 0) is 9.53 Å². The predicted octanol–water partition coefficient (Wildman–Crippen LogP) is 9.31. The summed E-state index contributed by atoms with van der Waals surface area (Å²) >= 11 is 11.4. The zero-order valence-corrected chi connectivity index (χ0v) is 24.8. The van der Waals surface area contributed by atoms with Crippen molar-refractivity contribution in [2.45, 2.75) is 40.2 Å². The molecular weight excluding hydrogens is 547 g/mol. The van der Waals surface area contributed by atoms with Crippen LogP contribution in [0, 0.1) is 13.8 Å². The number of carbonyl (C=O) groups is 2. The molecule has 0 aliphatic heterocycles. The second-order valence-electron chi connectivity index (χ2n) is 9.18. The van der Waals surface area contributed by atoms with Crippen LogP contribution in [0.15, 0.2) is 97.1 Å². The van der Waals surface area contributed by atoms with Gasteiger partial charge in [-0.25, -0.2) is 4.79 Å². The van der Waals surface area contributed by atoms with Crippen molar-refractivity contribution in [2.75, 3.05) is 6.61 Å². The molecule has 0 unspecified atom stereocenters. The Morgan fingerprint density at radius 1 is 0.700 bits per heavy atom. The average molecular weight is 582 g/mol. The van der Waals surface area contributed by atoms with Gasteiger partial charge >= 0.3 is 5.97 Å². The maximum atomic E-state index is 11.6. The van der Waals surface area contributed by atoms with E-state index in [1.165, 1.54) is 11.1 Å². The van der Waals surface area contributed by atoms with E-state index in [2.05, 4.69) is 0 Å². The molecule has 5 nitrogen and oxygen atoms in total. The van der Waals surface area contributed by atoms with Gasteiger partial charge in [0.25, 0.3) is 0 Å². The van der Waals surface area contributed by atoms with E-state index in [0.717, 1.165) is 22.8 Å². The fraction of sp³-hybridized carbons (Fsp3) is 0.212. The lowest BCUT2D eigenvalue weighted by Crippen LogP contribution is -2.39. The van der Waals surface area contributed by atoms with E-state index in [1.54, 1.807) is 69.3 Å². The molecule has 0 heterocycles. The van der Waals surface area contributed by atoms with Crippen molar-refractivity contribution in [2.24, 2.45) is 0 Å². The van der Waals surface area contributed by atoms with Crippen LogP contribution in [0.5, 0.6) is 17.2 Å². The summed E-state index contributed by atoms with van der Waals surface area (Å²) < 4.78 is 16.1. The Morgan fingerprint density at radius 2 is 1.10 bits per heavy atom. The molecule has 0 atom stereocenters. The van der Waals surface area contributed by atoms with Crippen LogP contribution in [0.1, 0.15) is 42.3 Å². The van der Waals surface area contributed by atoms with E-state index in [4.69, 9.17) is 37.4 Å². The zero-order valence-electron chi connectivity index (χ0n) is 23.3. The Hall–Kier alpha value is -3.80. The fourth-order valence-corrected chi connectivity index (χ4v) is 3.29. The van der Waals surface area contributed by atoms with Crippen molar-refractivity contribution in [1.29, 1.82) is 0 Å². The smallest absolute Gasteiger partial charge is 0.349 e. The van der Waals surface area contributed by atoms with Gasteiger partial charge in [-0.1, -0.05) is 58.6 Å². The minimum Gasteiger partial charge on any atom is -0.476 e. The lowest BCUT2D eigenvalue weighted by atomic mass is 10.1. The molecule has 0 N–H and O–H groups in total. The molecule has 7 heteroatoms. The Labute approximate surface area is 246 Å². The highest BCUT2D eigenvalue weighted by molar-refractivity contribution is 6.30. The summed E-state index contributed by atoms with van der Waals surface area (Å²) in [4.78, 5) is 22.0. The lowest BCUT2D eigenvalue weighted by molar-refractivity contribution is -0.158. The van der Waals surface area contributed by atoms with E-state index in [1.807, 2.05) is 62.4 Å². The summed E-state index contributed by atoms with van der Waals surface area (Å²) in [5, 5.41) is 1.43. The molecule has 0 saturated heterocycles. The summed E-state index contributed by atoms with van der Waals surface area (Å²) in [7, 11) is 0. The summed E-state index contributed by atoms with van der Waals surface area (Å²) in [6.07, 6.45) is 0.815. The molecule has 0 aromatic heterocycles. The summed E-state index contributed by atoms with van der Waals surface area (Å²) in [6, 6.07) is 29.4. The first-order chi connectivity index (χ1) is 19.0. The van der Waals surface area contributed by atoms with Crippen molar-refractivity contribution in [3.8, 4) is 17.2 Å². The molecule has 0 aliphatic carbocycles. The average Bonchev–Trinajstić information content (AvgIpc) is 2.94. The topological polar surface area (TPSA) is 61.8 Å². The van der Waals surface area contributed by atoms with Crippen LogP contribution in [0.4, 0.5) is 0 Å².